The second-order valence-electron chi connectivity index (χ2n) is 5.32. The standard InChI is InChI=1S/C16H22N2O3/c1-10-8-14-12(4-3-7-19)11(2)18(6-5-17)15(14)9-13(10)16(20)21/h8-9,19H,3-7,17H2,1-2H3,(H,20,21). The second kappa shape index (κ2) is 6.28. The summed E-state index contributed by atoms with van der Waals surface area (Å²) in [7, 11) is 0. The monoisotopic (exact) mass is 290 g/mol. The minimum atomic E-state index is -0.913. The van der Waals surface area contributed by atoms with Crippen molar-refractivity contribution < 1.29 is 15.0 Å². The van der Waals surface area contributed by atoms with E-state index >= 15 is 0 Å². The Kier molecular flexibility index (Phi) is 4.65. The molecule has 0 aliphatic carbocycles. The molecule has 0 atom stereocenters. The number of hydrogen-bond acceptors (Lipinski definition) is 3. The first-order chi connectivity index (χ1) is 10.0. The quantitative estimate of drug-likeness (QED) is 0.757. The van der Waals surface area contributed by atoms with Crippen LogP contribution in [0.3, 0.4) is 0 Å². The molecular weight excluding hydrogens is 268 g/mol. The Morgan fingerprint density at radius 3 is 2.62 bits per heavy atom. The average Bonchev–Trinajstić information content (AvgIpc) is 2.68. The number of carbonyl (C=O) groups is 1. The van der Waals surface area contributed by atoms with Gasteiger partial charge in [0, 0.05) is 36.3 Å². The molecule has 1 heterocycles. The highest BCUT2D eigenvalue weighted by Crippen LogP contribution is 2.29. The largest absolute Gasteiger partial charge is 0.478 e. The van der Waals surface area contributed by atoms with E-state index in [1.54, 1.807) is 6.07 Å². The summed E-state index contributed by atoms with van der Waals surface area (Å²) in [5, 5.41) is 19.4. The van der Waals surface area contributed by atoms with Gasteiger partial charge >= 0.3 is 5.97 Å². The number of nitrogens with two attached hydrogens (primary N) is 1. The van der Waals surface area contributed by atoms with Gasteiger partial charge in [0.2, 0.25) is 0 Å². The van der Waals surface area contributed by atoms with Crippen LogP contribution in [0.1, 0.15) is 33.6 Å². The Hall–Kier alpha value is -1.85. The minimum absolute atomic E-state index is 0.148. The van der Waals surface area contributed by atoms with Gasteiger partial charge < -0.3 is 20.5 Å². The zero-order valence-corrected chi connectivity index (χ0v) is 12.5. The maximum atomic E-state index is 11.3. The van der Waals surface area contributed by atoms with Crippen molar-refractivity contribution in [1.82, 2.24) is 4.57 Å². The number of rotatable bonds is 6. The first-order valence-electron chi connectivity index (χ1n) is 7.17. The van der Waals surface area contributed by atoms with Crippen LogP contribution in [0.2, 0.25) is 0 Å². The molecule has 21 heavy (non-hydrogen) atoms. The summed E-state index contributed by atoms with van der Waals surface area (Å²) < 4.78 is 2.08. The molecule has 1 aromatic heterocycles. The van der Waals surface area contributed by atoms with Gasteiger partial charge in [-0.3, -0.25) is 0 Å². The zero-order valence-electron chi connectivity index (χ0n) is 12.5. The lowest BCUT2D eigenvalue weighted by Gasteiger charge is -2.07. The fourth-order valence-corrected chi connectivity index (χ4v) is 2.92. The van der Waals surface area contributed by atoms with Crippen LogP contribution in [0.5, 0.6) is 0 Å². The number of aryl methyl sites for hydroxylation is 2. The third-order valence-corrected chi connectivity index (χ3v) is 3.97. The summed E-state index contributed by atoms with van der Waals surface area (Å²) in [4.78, 5) is 11.3. The molecule has 4 N–H and O–H groups in total. The molecule has 0 radical (unpaired) electrons. The smallest absolute Gasteiger partial charge is 0.336 e. The van der Waals surface area contributed by atoms with Crippen LogP contribution in [0.4, 0.5) is 0 Å². The van der Waals surface area contributed by atoms with Gasteiger partial charge in [-0.15, -0.1) is 0 Å². The van der Waals surface area contributed by atoms with E-state index in [0.717, 1.165) is 28.6 Å². The van der Waals surface area contributed by atoms with E-state index in [4.69, 9.17) is 10.8 Å². The lowest BCUT2D eigenvalue weighted by atomic mass is 10.0. The molecule has 0 fully saturated rings. The Labute approximate surface area is 124 Å². The van der Waals surface area contributed by atoms with E-state index < -0.39 is 5.97 Å². The summed E-state index contributed by atoms with van der Waals surface area (Å²) in [6, 6.07) is 3.67. The topological polar surface area (TPSA) is 88.5 Å². The van der Waals surface area contributed by atoms with Crippen LogP contribution in [0.25, 0.3) is 10.9 Å². The molecule has 0 saturated carbocycles. The van der Waals surface area contributed by atoms with Crippen molar-refractivity contribution >= 4 is 16.9 Å². The Morgan fingerprint density at radius 1 is 1.33 bits per heavy atom. The molecule has 0 unspecified atom stereocenters. The molecule has 0 bridgehead atoms. The summed E-state index contributed by atoms with van der Waals surface area (Å²) in [5.74, 6) is -0.913. The molecule has 0 saturated heterocycles. The van der Waals surface area contributed by atoms with Crippen LogP contribution in [0.15, 0.2) is 12.1 Å². The van der Waals surface area contributed by atoms with Gasteiger partial charge in [0.05, 0.1) is 5.56 Å². The van der Waals surface area contributed by atoms with E-state index in [2.05, 4.69) is 4.57 Å². The van der Waals surface area contributed by atoms with Crippen LogP contribution in [-0.4, -0.2) is 33.9 Å². The number of aromatic carboxylic acids is 1. The van der Waals surface area contributed by atoms with Crippen molar-refractivity contribution in [2.45, 2.75) is 33.2 Å². The van der Waals surface area contributed by atoms with Crippen molar-refractivity contribution in [2.24, 2.45) is 5.73 Å². The number of aliphatic hydroxyl groups excluding tert-OH is 1. The predicted octanol–water partition coefficient (Wildman–Crippen LogP) is 1.84. The maximum absolute atomic E-state index is 11.3. The number of nitrogens with zero attached hydrogens (tertiary/aromatic N) is 1. The van der Waals surface area contributed by atoms with E-state index in [9.17, 15) is 9.90 Å². The van der Waals surface area contributed by atoms with E-state index in [1.807, 2.05) is 19.9 Å². The van der Waals surface area contributed by atoms with E-state index in [0.29, 0.717) is 25.1 Å². The summed E-state index contributed by atoms with van der Waals surface area (Å²) in [5.41, 5.74) is 9.95. The zero-order chi connectivity index (χ0) is 15.6. The molecule has 0 aliphatic heterocycles. The van der Waals surface area contributed by atoms with Crippen molar-refractivity contribution in [1.29, 1.82) is 0 Å². The fraction of sp³-hybridized carbons (Fsp3) is 0.438. The molecule has 1 aromatic carbocycles. The van der Waals surface area contributed by atoms with Gasteiger partial charge in [-0.1, -0.05) is 0 Å². The highest BCUT2D eigenvalue weighted by Gasteiger charge is 2.17. The predicted molar refractivity (Wildman–Crippen MR) is 82.8 cm³/mol. The first-order valence-corrected chi connectivity index (χ1v) is 7.17. The number of fused-ring (bicyclic) bond motifs is 1. The summed E-state index contributed by atoms with van der Waals surface area (Å²) in [6.07, 6.45) is 1.48. The molecule has 5 nitrogen and oxygen atoms in total. The van der Waals surface area contributed by atoms with Crippen LogP contribution in [-0.2, 0) is 13.0 Å². The second-order valence-corrected chi connectivity index (χ2v) is 5.32. The number of carboxylic acid groups (broad SMARTS) is 1. The number of hydrogen-bond donors (Lipinski definition) is 3. The van der Waals surface area contributed by atoms with Gasteiger partial charge in [0.1, 0.15) is 0 Å². The highest BCUT2D eigenvalue weighted by molar-refractivity contribution is 5.97. The third-order valence-electron chi connectivity index (χ3n) is 3.97. The van der Waals surface area contributed by atoms with Crippen molar-refractivity contribution in [3.63, 3.8) is 0 Å². The average molecular weight is 290 g/mol. The van der Waals surface area contributed by atoms with E-state index in [1.165, 1.54) is 5.56 Å². The number of carboxylic acids is 1. The first kappa shape index (κ1) is 15.5. The van der Waals surface area contributed by atoms with Gasteiger partial charge in [-0.05, 0) is 49.9 Å². The number of aliphatic hydroxyl groups is 1. The van der Waals surface area contributed by atoms with E-state index in [-0.39, 0.29) is 6.61 Å². The molecule has 2 rings (SSSR count). The maximum Gasteiger partial charge on any atom is 0.336 e. The molecule has 114 valence electrons. The van der Waals surface area contributed by atoms with Crippen molar-refractivity contribution in [3.05, 3.63) is 34.5 Å². The molecule has 0 aliphatic rings. The fourth-order valence-electron chi connectivity index (χ4n) is 2.92. The lowest BCUT2D eigenvalue weighted by molar-refractivity contribution is 0.0696. The van der Waals surface area contributed by atoms with Gasteiger partial charge in [0.25, 0.3) is 0 Å². The molecule has 0 amide bonds. The van der Waals surface area contributed by atoms with Crippen molar-refractivity contribution in [2.75, 3.05) is 13.2 Å². The van der Waals surface area contributed by atoms with Gasteiger partial charge in [0.15, 0.2) is 0 Å². The Bertz CT molecular complexity index is 674. The Morgan fingerprint density at radius 2 is 2.05 bits per heavy atom. The molecule has 5 heteroatoms. The van der Waals surface area contributed by atoms with Crippen molar-refractivity contribution in [3.8, 4) is 0 Å². The van der Waals surface area contributed by atoms with Crippen LogP contribution in [0, 0.1) is 13.8 Å². The van der Waals surface area contributed by atoms with Gasteiger partial charge in [-0.25, -0.2) is 4.79 Å². The Balaban J connectivity index is 2.71. The minimum Gasteiger partial charge on any atom is -0.478 e. The number of aromatic nitrogens is 1. The third kappa shape index (κ3) is 2.80. The lowest BCUT2D eigenvalue weighted by Crippen LogP contribution is -2.11. The summed E-state index contributed by atoms with van der Waals surface area (Å²) >= 11 is 0. The highest BCUT2D eigenvalue weighted by atomic mass is 16.4. The number of benzene rings is 1. The van der Waals surface area contributed by atoms with Crippen LogP contribution < -0.4 is 5.73 Å². The summed E-state index contributed by atoms with van der Waals surface area (Å²) in [6.45, 7) is 5.14. The molecule has 0 spiro atoms. The molecular formula is C16H22N2O3. The normalized spacial score (nSPS) is 11.2. The van der Waals surface area contributed by atoms with Gasteiger partial charge in [-0.2, -0.15) is 0 Å². The SMILES string of the molecule is Cc1cc2c(CCCO)c(C)n(CCN)c2cc1C(=O)O. The molecule has 2 aromatic rings. The van der Waals surface area contributed by atoms with Crippen LogP contribution >= 0.6 is 0 Å².